The third kappa shape index (κ3) is 2.85. The van der Waals surface area contributed by atoms with Gasteiger partial charge in [-0.15, -0.1) is 0 Å². The van der Waals surface area contributed by atoms with E-state index in [2.05, 4.69) is 10.3 Å². The Bertz CT molecular complexity index is 356. The van der Waals surface area contributed by atoms with Crippen molar-refractivity contribution in [2.45, 2.75) is 32.1 Å². The fourth-order valence-corrected chi connectivity index (χ4v) is 2.43. The van der Waals surface area contributed by atoms with Gasteiger partial charge in [-0.05, 0) is 12.8 Å². The Kier molecular flexibility index (Phi) is 3.78. The van der Waals surface area contributed by atoms with Crippen LogP contribution in [-0.4, -0.2) is 33.8 Å². The highest BCUT2D eigenvalue weighted by atomic mass is 16.3. The number of aromatic nitrogens is 2. The zero-order valence-corrected chi connectivity index (χ0v) is 9.93. The van der Waals surface area contributed by atoms with Gasteiger partial charge < -0.3 is 10.4 Å². The van der Waals surface area contributed by atoms with Crippen LogP contribution in [0.4, 0.5) is 4.79 Å². The van der Waals surface area contributed by atoms with E-state index in [4.69, 9.17) is 0 Å². The molecule has 0 atom stereocenters. The largest absolute Gasteiger partial charge is 0.396 e. The van der Waals surface area contributed by atoms with Crippen molar-refractivity contribution >= 4 is 6.03 Å². The van der Waals surface area contributed by atoms with Gasteiger partial charge in [-0.3, -0.25) is 4.57 Å². The molecule has 1 amide bonds. The average Bonchev–Trinajstić information content (AvgIpc) is 2.91. The topological polar surface area (TPSA) is 67.2 Å². The van der Waals surface area contributed by atoms with Crippen LogP contribution < -0.4 is 5.32 Å². The lowest BCUT2D eigenvalue weighted by molar-refractivity contribution is 0.0835. The van der Waals surface area contributed by atoms with Crippen molar-refractivity contribution in [3.8, 4) is 0 Å². The van der Waals surface area contributed by atoms with Crippen molar-refractivity contribution in [2.24, 2.45) is 5.41 Å². The van der Waals surface area contributed by atoms with Crippen molar-refractivity contribution in [1.29, 1.82) is 0 Å². The molecule has 0 spiro atoms. The van der Waals surface area contributed by atoms with E-state index in [1.54, 1.807) is 12.4 Å². The van der Waals surface area contributed by atoms with Crippen LogP contribution in [-0.2, 0) is 0 Å². The molecule has 0 unspecified atom stereocenters. The summed E-state index contributed by atoms with van der Waals surface area (Å²) in [6, 6.07) is -0.180. The molecule has 1 saturated carbocycles. The molecule has 1 fully saturated rings. The molecule has 1 aromatic rings. The van der Waals surface area contributed by atoms with Crippen molar-refractivity contribution in [3.05, 3.63) is 18.7 Å². The quantitative estimate of drug-likeness (QED) is 0.834. The number of carbonyl (C=O) groups is 1. The highest BCUT2D eigenvalue weighted by molar-refractivity contribution is 5.76. The standard InChI is InChI=1S/C12H19N3O2/c16-9-12(4-2-1-3-5-12)8-14-11(17)15-7-6-13-10-15/h6-7,10,16H,1-5,8-9H2,(H,14,17). The van der Waals surface area contributed by atoms with Crippen LogP contribution in [0, 0.1) is 5.41 Å². The Hall–Kier alpha value is -1.36. The molecule has 1 heterocycles. The first-order valence-corrected chi connectivity index (χ1v) is 6.13. The van der Waals surface area contributed by atoms with E-state index in [1.807, 2.05) is 0 Å². The molecule has 0 radical (unpaired) electrons. The molecule has 94 valence electrons. The Labute approximate surface area is 101 Å². The van der Waals surface area contributed by atoms with E-state index < -0.39 is 0 Å². The number of hydrogen-bond donors (Lipinski definition) is 2. The molecule has 0 aromatic carbocycles. The number of carbonyl (C=O) groups excluding carboxylic acids is 1. The van der Waals surface area contributed by atoms with Crippen LogP contribution in [0.25, 0.3) is 0 Å². The summed E-state index contributed by atoms with van der Waals surface area (Å²) in [5.41, 5.74) is -0.117. The molecule has 1 aliphatic rings. The van der Waals surface area contributed by atoms with E-state index in [9.17, 15) is 9.90 Å². The van der Waals surface area contributed by atoms with E-state index in [0.717, 1.165) is 25.7 Å². The molecule has 1 aliphatic carbocycles. The Morgan fingerprint density at radius 3 is 2.76 bits per heavy atom. The lowest BCUT2D eigenvalue weighted by Crippen LogP contribution is -2.42. The number of hydrogen-bond acceptors (Lipinski definition) is 3. The highest BCUT2D eigenvalue weighted by Gasteiger charge is 2.31. The van der Waals surface area contributed by atoms with Gasteiger partial charge in [-0.2, -0.15) is 0 Å². The predicted octanol–water partition coefficient (Wildman–Crippen LogP) is 1.38. The third-order valence-electron chi connectivity index (χ3n) is 3.60. The Balaban J connectivity index is 1.89. The first-order valence-electron chi connectivity index (χ1n) is 6.13. The number of amides is 1. The Morgan fingerprint density at radius 2 is 2.18 bits per heavy atom. The molecule has 5 heteroatoms. The van der Waals surface area contributed by atoms with Gasteiger partial charge in [-0.25, -0.2) is 9.78 Å². The maximum Gasteiger partial charge on any atom is 0.326 e. The molecule has 17 heavy (non-hydrogen) atoms. The maximum atomic E-state index is 11.7. The molecule has 0 saturated heterocycles. The second kappa shape index (κ2) is 5.31. The fourth-order valence-electron chi connectivity index (χ4n) is 2.43. The first-order chi connectivity index (χ1) is 8.26. The van der Waals surface area contributed by atoms with Gasteiger partial charge in [0, 0.05) is 24.4 Å². The number of aliphatic hydroxyl groups is 1. The molecule has 5 nitrogen and oxygen atoms in total. The second-order valence-corrected chi connectivity index (χ2v) is 4.85. The summed E-state index contributed by atoms with van der Waals surface area (Å²) >= 11 is 0. The van der Waals surface area contributed by atoms with Gasteiger partial charge in [0.25, 0.3) is 0 Å². The summed E-state index contributed by atoms with van der Waals surface area (Å²) < 4.78 is 1.41. The molecular weight excluding hydrogens is 218 g/mol. The van der Waals surface area contributed by atoms with Gasteiger partial charge in [0.1, 0.15) is 6.33 Å². The van der Waals surface area contributed by atoms with E-state index in [0.29, 0.717) is 6.54 Å². The van der Waals surface area contributed by atoms with Crippen LogP contribution in [0.15, 0.2) is 18.7 Å². The number of nitrogens with one attached hydrogen (secondary N) is 1. The van der Waals surface area contributed by atoms with Gasteiger partial charge in [0.15, 0.2) is 0 Å². The van der Waals surface area contributed by atoms with Crippen molar-refractivity contribution in [3.63, 3.8) is 0 Å². The van der Waals surface area contributed by atoms with E-state index in [1.165, 1.54) is 17.3 Å². The lowest BCUT2D eigenvalue weighted by atomic mass is 9.74. The number of rotatable bonds is 3. The SMILES string of the molecule is O=C(NCC1(CO)CCCCC1)n1ccnc1. The van der Waals surface area contributed by atoms with Gasteiger partial charge in [-0.1, -0.05) is 19.3 Å². The van der Waals surface area contributed by atoms with Gasteiger partial charge >= 0.3 is 6.03 Å². The van der Waals surface area contributed by atoms with Crippen LogP contribution >= 0.6 is 0 Å². The number of imidazole rings is 1. The summed E-state index contributed by atoms with van der Waals surface area (Å²) in [5.74, 6) is 0. The number of nitrogens with zero attached hydrogens (tertiary/aromatic N) is 2. The predicted molar refractivity (Wildman–Crippen MR) is 63.6 cm³/mol. The van der Waals surface area contributed by atoms with E-state index in [-0.39, 0.29) is 18.1 Å². The van der Waals surface area contributed by atoms with Crippen LogP contribution in [0.3, 0.4) is 0 Å². The normalized spacial score (nSPS) is 18.9. The summed E-state index contributed by atoms with van der Waals surface area (Å²) in [5, 5.41) is 12.4. The third-order valence-corrected chi connectivity index (χ3v) is 3.60. The van der Waals surface area contributed by atoms with Crippen LogP contribution in [0.2, 0.25) is 0 Å². The minimum absolute atomic E-state index is 0.117. The highest BCUT2D eigenvalue weighted by Crippen LogP contribution is 2.35. The Morgan fingerprint density at radius 1 is 1.41 bits per heavy atom. The molecule has 2 N–H and O–H groups in total. The zero-order valence-electron chi connectivity index (χ0n) is 9.93. The average molecular weight is 237 g/mol. The molecule has 2 rings (SSSR count). The minimum Gasteiger partial charge on any atom is -0.396 e. The van der Waals surface area contributed by atoms with Crippen LogP contribution in [0.1, 0.15) is 32.1 Å². The lowest BCUT2D eigenvalue weighted by Gasteiger charge is -2.35. The molecule has 0 bridgehead atoms. The van der Waals surface area contributed by atoms with Crippen molar-refractivity contribution in [1.82, 2.24) is 14.9 Å². The van der Waals surface area contributed by atoms with Crippen LogP contribution in [0.5, 0.6) is 0 Å². The summed E-state index contributed by atoms with van der Waals surface area (Å²) in [7, 11) is 0. The van der Waals surface area contributed by atoms with Crippen molar-refractivity contribution in [2.75, 3.05) is 13.2 Å². The summed E-state index contributed by atoms with van der Waals surface area (Å²) in [6.45, 7) is 0.692. The molecular formula is C12H19N3O2. The molecule has 0 aliphatic heterocycles. The number of aliphatic hydroxyl groups excluding tert-OH is 1. The minimum atomic E-state index is -0.180. The fraction of sp³-hybridized carbons (Fsp3) is 0.667. The second-order valence-electron chi connectivity index (χ2n) is 4.85. The molecule has 1 aromatic heterocycles. The van der Waals surface area contributed by atoms with Crippen molar-refractivity contribution < 1.29 is 9.90 Å². The first kappa shape index (κ1) is 12.1. The van der Waals surface area contributed by atoms with Gasteiger partial charge in [0.2, 0.25) is 0 Å². The van der Waals surface area contributed by atoms with E-state index >= 15 is 0 Å². The summed E-state index contributed by atoms with van der Waals surface area (Å²) in [4.78, 5) is 15.6. The zero-order chi connectivity index (χ0) is 12.1. The monoisotopic (exact) mass is 237 g/mol. The smallest absolute Gasteiger partial charge is 0.326 e. The summed E-state index contributed by atoms with van der Waals surface area (Å²) in [6.07, 6.45) is 10.2. The van der Waals surface area contributed by atoms with Gasteiger partial charge in [0.05, 0.1) is 6.61 Å². The maximum absolute atomic E-state index is 11.7.